The molecule has 15 heavy (non-hydrogen) atoms. The van der Waals surface area contributed by atoms with Gasteiger partial charge >= 0.3 is 5.91 Å². The third kappa shape index (κ3) is 2.74. The Labute approximate surface area is 85.7 Å². The number of hydrogen-bond donors (Lipinski definition) is 1. The summed E-state index contributed by atoms with van der Waals surface area (Å²) in [7, 11) is 0. The summed E-state index contributed by atoms with van der Waals surface area (Å²) in [6.07, 6.45) is 3.66. The number of hydrogen-bond acceptors (Lipinski definition) is 6. The molecule has 0 saturated carbocycles. The molecular formula is C8H11N3O4. The van der Waals surface area contributed by atoms with Gasteiger partial charge in [0.1, 0.15) is 6.20 Å². The van der Waals surface area contributed by atoms with E-state index in [1.54, 1.807) is 0 Å². The molecule has 1 saturated heterocycles. The smallest absolute Gasteiger partial charge is 0.315 e. The van der Waals surface area contributed by atoms with Crippen LogP contribution in [0.15, 0.2) is 10.7 Å². The molecule has 2 heterocycles. The molecule has 0 aliphatic carbocycles. The van der Waals surface area contributed by atoms with Crippen molar-refractivity contribution < 1.29 is 18.9 Å². The van der Waals surface area contributed by atoms with Crippen molar-refractivity contribution in [1.82, 2.24) is 15.9 Å². The second-order valence-electron chi connectivity index (χ2n) is 3.13. The molecule has 82 valence electrons. The molecule has 1 aromatic rings. The van der Waals surface area contributed by atoms with Crippen molar-refractivity contribution in [3.63, 3.8) is 0 Å². The molecule has 1 aliphatic heterocycles. The van der Waals surface area contributed by atoms with Gasteiger partial charge in [0.25, 0.3) is 0 Å². The Kier molecular flexibility index (Phi) is 3.25. The molecular weight excluding hydrogens is 202 g/mol. The van der Waals surface area contributed by atoms with Crippen molar-refractivity contribution in [2.24, 2.45) is 0 Å². The summed E-state index contributed by atoms with van der Waals surface area (Å²) in [5.74, 6) is -0.514. The van der Waals surface area contributed by atoms with E-state index in [4.69, 9.17) is 9.57 Å². The first-order valence-corrected chi connectivity index (χ1v) is 4.71. The predicted molar refractivity (Wildman–Crippen MR) is 46.4 cm³/mol. The van der Waals surface area contributed by atoms with Gasteiger partial charge in [0, 0.05) is 18.3 Å². The lowest BCUT2D eigenvalue weighted by atomic mass is 10.2. The maximum absolute atomic E-state index is 11.3. The van der Waals surface area contributed by atoms with Crippen LogP contribution in [0.1, 0.15) is 29.8 Å². The lowest BCUT2D eigenvalue weighted by Crippen LogP contribution is -2.32. The zero-order valence-electron chi connectivity index (χ0n) is 8.01. The van der Waals surface area contributed by atoms with Crippen molar-refractivity contribution >= 4 is 5.91 Å². The Bertz CT molecular complexity index is 308. The fourth-order valence-electron chi connectivity index (χ4n) is 1.24. The van der Waals surface area contributed by atoms with E-state index in [9.17, 15) is 4.79 Å². The number of rotatable bonds is 3. The molecule has 0 bridgehead atoms. The van der Waals surface area contributed by atoms with Crippen molar-refractivity contribution in [2.45, 2.75) is 25.6 Å². The van der Waals surface area contributed by atoms with E-state index in [2.05, 4.69) is 20.4 Å². The van der Waals surface area contributed by atoms with E-state index < -0.39 is 5.91 Å². The van der Waals surface area contributed by atoms with Gasteiger partial charge in [-0.3, -0.25) is 4.79 Å². The van der Waals surface area contributed by atoms with E-state index in [0.717, 1.165) is 19.3 Å². The SMILES string of the molecule is O=C(NOC1CCCCO1)c1cnno1. The van der Waals surface area contributed by atoms with Crippen LogP contribution in [0.3, 0.4) is 0 Å². The van der Waals surface area contributed by atoms with Gasteiger partial charge in [-0.1, -0.05) is 0 Å². The average Bonchev–Trinajstić information content (AvgIpc) is 2.81. The van der Waals surface area contributed by atoms with E-state index in [1.165, 1.54) is 6.20 Å². The summed E-state index contributed by atoms with van der Waals surface area (Å²) in [6, 6.07) is 0. The Morgan fingerprint density at radius 3 is 3.20 bits per heavy atom. The van der Waals surface area contributed by atoms with Crippen LogP contribution >= 0.6 is 0 Å². The normalized spacial score (nSPS) is 21.2. The summed E-state index contributed by atoms with van der Waals surface area (Å²) in [6.45, 7) is 0.657. The van der Waals surface area contributed by atoms with Crippen molar-refractivity contribution in [2.75, 3.05) is 6.61 Å². The van der Waals surface area contributed by atoms with Crippen LogP contribution in [0.2, 0.25) is 0 Å². The van der Waals surface area contributed by atoms with Gasteiger partial charge in [-0.25, -0.2) is 10.3 Å². The second-order valence-corrected chi connectivity index (χ2v) is 3.13. The first-order chi connectivity index (χ1) is 7.36. The van der Waals surface area contributed by atoms with Gasteiger partial charge < -0.3 is 9.26 Å². The average molecular weight is 213 g/mol. The quantitative estimate of drug-likeness (QED) is 0.724. The summed E-state index contributed by atoms with van der Waals surface area (Å²) in [4.78, 5) is 16.3. The largest absolute Gasteiger partial charge is 0.350 e. The maximum Gasteiger partial charge on any atom is 0.315 e. The first-order valence-electron chi connectivity index (χ1n) is 4.71. The van der Waals surface area contributed by atoms with E-state index in [1.807, 2.05) is 0 Å². The highest BCUT2D eigenvalue weighted by Crippen LogP contribution is 2.12. The minimum absolute atomic E-state index is 0.00538. The van der Waals surface area contributed by atoms with Crippen LogP contribution in [-0.2, 0) is 9.57 Å². The standard InChI is InChI=1S/C8H11N3O4/c12-8(6-5-9-11-14-6)10-15-7-3-1-2-4-13-7/h5,7H,1-4H2,(H,10,12). The number of nitrogens with one attached hydrogen (secondary N) is 1. The topological polar surface area (TPSA) is 86.5 Å². The molecule has 1 unspecified atom stereocenters. The summed E-state index contributed by atoms with van der Waals surface area (Å²) in [5.41, 5.74) is 2.22. The predicted octanol–water partition coefficient (Wildman–Crippen LogP) is 0.258. The molecule has 0 spiro atoms. The summed E-state index contributed by atoms with van der Waals surface area (Å²) >= 11 is 0. The zero-order chi connectivity index (χ0) is 10.5. The molecule has 1 aromatic heterocycles. The number of carbonyl (C=O) groups is 1. The fourth-order valence-corrected chi connectivity index (χ4v) is 1.24. The monoisotopic (exact) mass is 213 g/mol. The van der Waals surface area contributed by atoms with Crippen LogP contribution in [0, 0.1) is 0 Å². The lowest BCUT2D eigenvalue weighted by molar-refractivity contribution is -0.187. The number of amides is 1. The van der Waals surface area contributed by atoms with Crippen LogP contribution < -0.4 is 5.48 Å². The molecule has 7 nitrogen and oxygen atoms in total. The fraction of sp³-hybridized carbons (Fsp3) is 0.625. The third-order valence-corrected chi connectivity index (χ3v) is 2.01. The number of carbonyl (C=O) groups excluding carboxylic acids is 1. The van der Waals surface area contributed by atoms with Crippen molar-refractivity contribution in [1.29, 1.82) is 0 Å². The highest BCUT2D eigenvalue weighted by molar-refractivity contribution is 5.90. The van der Waals surface area contributed by atoms with E-state index in [-0.39, 0.29) is 12.1 Å². The third-order valence-electron chi connectivity index (χ3n) is 2.01. The number of hydroxylamine groups is 1. The van der Waals surface area contributed by atoms with Gasteiger partial charge in [0.2, 0.25) is 5.76 Å². The molecule has 1 atom stereocenters. The molecule has 1 amide bonds. The molecule has 2 rings (SSSR count). The Balaban J connectivity index is 1.75. The maximum atomic E-state index is 11.3. The summed E-state index contributed by atoms with van der Waals surface area (Å²) < 4.78 is 9.79. The number of ether oxygens (including phenoxy) is 1. The number of nitrogens with zero attached hydrogens (tertiary/aromatic N) is 2. The molecule has 1 aliphatic rings. The minimum atomic E-state index is -0.519. The zero-order valence-corrected chi connectivity index (χ0v) is 8.01. The molecule has 0 radical (unpaired) electrons. The highest BCUT2D eigenvalue weighted by Gasteiger charge is 2.17. The molecule has 1 N–H and O–H groups in total. The van der Waals surface area contributed by atoms with Gasteiger partial charge in [0.15, 0.2) is 6.29 Å². The Morgan fingerprint density at radius 2 is 2.53 bits per heavy atom. The Morgan fingerprint density at radius 1 is 1.60 bits per heavy atom. The van der Waals surface area contributed by atoms with Crippen LogP contribution in [-0.4, -0.2) is 29.2 Å². The van der Waals surface area contributed by atoms with Crippen LogP contribution in [0.4, 0.5) is 0 Å². The van der Waals surface area contributed by atoms with Crippen molar-refractivity contribution in [3.05, 3.63) is 12.0 Å². The lowest BCUT2D eigenvalue weighted by Gasteiger charge is -2.21. The van der Waals surface area contributed by atoms with E-state index >= 15 is 0 Å². The van der Waals surface area contributed by atoms with Gasteiger partial charge in [0.05, 0.1) is 0 Å². The highest BCUT2D eigenvalue weighted by atomic mass is 16.8. The molecule has 1 fully saturated rings. The van der Waals surface area contributed by atoms with Crippen LogP contribution in [0.25, 0.3) is 0 Å². The van der Waals surface area contributed by atoms with E-state index in [0.29, 0.717) is 6.61 Å². The van der Waals surface area contributed by atoms with Crippen molar-refractivity contribution in [3.8, 4) is 0 Å². The Hall–Kier alpha value is -1.47. The molecule has 0 aromatic carbocycles. The minimum Gasteiger partial charge on any atom is -0.350 e. The van der Waals surface area contributed by atoms with Crippen LogP contribution in [0.5, 0.6) is 0 Å². The van der Waals surface area contributed by atoms with Gasteiger partial charge in [-0.05, 0) is 12.8 Å². The second kappa shape index (κ2) is 4.85. The first kappa shape index (κ1) is 10.1. The van der Waals surface area contributed by atoms with Gasteiger partial charge in [-0.15, -0.1) is 5.10 Å². The van der Waals surface area contributed by atoms with Gasteiger partial charge in [-0.2, -0.15) is 0 Å². The molecule has 7 heteroatoms. The summed E-state index contributed by atoms with van der Waals surface area (Å²) in [5, 5.41) is 6.54. The number of aromatic nitrogens is 2.